The van der Waals surface area contributed by atoms with Gasteiger partial charge in [0.25, 0.3) is 0 Å². The van der Waals surface area contributed by atoms with E-state index in [0.29, 0.717) is 22.5 Å². The van der Waals surface area contributed by atoms with Crippen molar-refractivity contribution >= 4 is 27.8 Å². The number of aromatic carboxylic acids is 1. The SMILES string of the molecule is CC(C)Oc1c(-c2ccc(C(=O)O)cc2)nc2cc3[nH]ncc3cc2c1-c1ccc(F)cc1. The van der Waals surface area contributed by atoms with E-state index in [2.05, 4.69) is 10.2 Å². The van der Waals surface area contributed by atoms with Crippen molar-refractivity contribution in [2.24, 2.45) is 0 Å². The third kappa shape index (κ3) is 3.78. The molecule has 0 amide bonds. The number of hydrogen-bond donors (Lipinski definition) is 2. The first kappa shape index (κ1) is 20.6. The lowest BCUT2D eigenvalue weighted by Crippen LogP contribution is -2.09. The fourth-order valence-corrected chi connectivity index (χ4v) is 3.90. The average molecular weight is 441 g/mol. The molecule has 7 heteroatoms. The second-order valence-corrected chi connectivity index (χ2v) is 8.05. The van der Waals surface area contributed by atoms with Crippen LogP contribution in [0, 0.1) is 5.82 Å². The van der Waals surface area contributed by atoms with Crippen LogP contribution in [-0.4, -0.2) is 32.4 Å². The highest BCUT2D eigenvalue weighted by Gasteiger charge is 2.21. The van der Waals surface area contributed by atoms with Crippen molar-refractivity contribution in [1.29, 1.82) is 0 Å². The maximum Gasteiger partial charge on any atom is 0.335 e. The van der Waals surface area contributed by atoms with Gasteiger partial charge >= 0.3 is 5.97 Å². The number of aromatic nitrogens is 3. The van der Waals surface area contributed by atoms with Crippen LogP contribution >= 0.6 is 0 Å². The van der Waals surface area contributed by atoms with Gasteiger partial charge in [0.1, 0.15) is 11.5 Å². The lowest BCUT2D eigenvalue weighted by Gasteiger charge is -2.20. The summed E-state index contributed by atoms with van der Waals surface area (Å²) in [6.45, 7) is 3.85. The Balaban J connectivity index is 1.87. The number of nitrogens with zero attached hydrogens (tertiary/aromatic N) is 2. The smallest absolute Gasteiger partial charge is 0.335 e. The molecule has 0 unspecified atom stereocenters. The van der Waals surface area contributed by atoms with Gasteiger partial charge in [-0.2, -0.15) is 5.10 Å². The molecule has 2 heterocycles. The van der Waals surface area contributed by atoms with E-state index in [4.69, 9.17) is 9.72 Å². The number of halogens is 1. The first-order valence-corrected chi connectivity index (χ1v) is 10.5. The van der Waals surface area contributed by atoms with Crippen LogP contribution in [0.2, 0.25) is 0 Å². The second kappa shape index (κ2) is 8.02. The van der Waals surface area contributed by atoms with Gasteiger partial charge in [-0.25, -0.2) is 14.2 Å². The van der Waals surface area contributed by atoms with Gasteiger partial charge in [0.2, 0.25) is 0 Å². The lowest BCUT2D eigenvalue weighted by molar-refractivity contribution is 0.0697. The molecule has 5 aromatic rings. The van der Waals surface area contributed by atoms with Crippen molar-refractivity contribution < 1.29 is 19.0 Å². The van der Waals surface area contributed by atoms with Crippen LogP contribution < -0.4 is 4.74 Å². The number of carboxylic acids is 1. The predicted octanol–water partition coefficient (Wildman–Crippen LogP) is 6.07. The number of rotatable bonds is 5. The van der Waals surface area contributed by atoms with Crippen molar-refractivity contribution in [2.75, 3.05) is 0 Å². The molecule has 2 aromatic heterocycles. The molecule has 0 bridgehead atoms. The topological polar surface area (TPSA) is 88.1 Å². The van der Waals surface area contributed by atoms with Gasteiger partial charge in [0, 0.05) is 21.9 Å². The summed E-state index contributed by atoms with van der Waals surface area (Å²) in [6, 6.07) is 16.7. The highest BCUT2D eigenvalue weighted by Crippen LogP contribution is 2.44. The third-order valence-corrected chi connectivity index (χ3v) is 5.39. The van der Waals surface area contributed by atoms with Gasteiger partial charge in [-0.15, -0.1) is 0 Å². The normalized spacial score (nSPS) is 11.4. The first-order valence-electron chi connectivity index (χ1n) is 10.5. The number of nitrogens with one attached hydrogen (secondary N) is 1. The highest BCUT2D eigenvalue weighted by molar-refractivity contribution is 6.06. The fraction of sp³-hybridized carbons (Fsp3) is 0.115. The van der Waals surface area contributed by atoms with E-state index in [1.807, 2.05) is 26.0 Å². The molecule has 0 saturated carbocycles. The van der Waals surface area contributed by atoms with E-state index in [1.54, 1.807) is 42.6 Å². The minimum Gasteiger partial charge on any atom is -0.488 e. The molecule has 0 spiro atoms. The van der Waals surface area contributed by atoms with Gasteiger partial charge in [-0.1, -0.05) is 24.3 Å². The molecule has 0 radical (unpaired) electrons. The number of aromatic amines is 1. The number of H-pyrrole nitrogens is 1. The van der Waals surface area contributed by atoms with E-state index in [0.717, 1.165) is 27.4 Å². The Morgan fingerprint density at radius 3 is 2.39 bits per heavy atom. The molecule has 5 rings (SSSR count). The van der Waals surface area contributed by atoms with Crippen molar-refractivity contribution in [3.05, 3.63) is 78.2 Å². The Bertz CT molecular complexity index is 1490. The summed E-state index contributed by atoms with van der Waals surface area (Å²) in [5.41, 5.74) is 4.59. The van der Waals surface area contributed by atoms with E-state index in [9.17, 15) is 14.3 Å². The number of hydrogen-bond acceptors (Lipinski definition) is 4. The van der Waals surface area contributed by atoms with Gasteiger partial charge < -0.3 is 9.84 Å². The van der Waals surface area contributed by atoms with E-state index < -0.39 is 5.97 Å². The third-order valence-electron chi connectivity index (χ3n) is 5.39. The summed E-state index contributed by atoms with van der Waals surface area (Å²) in [5, 5.41) is 18.1. The fourth-order valence-electron chi connectivity index (χ4n) is 3.90. The molecule has 6 nitrogen and oxygen atoms in total. The zero-order chi connectivity index (χ0) is 23.1. The van der Waals surface area contributed by atoms with Gasteiger partial charge in [0.05, 0.1) is 28.9 Å². The van der Waals surface area contributed by atoms with Crippen LogP contribution in [0.15, 0.2) is 66.9 Å². The standard InChI is InChI=1S/C26H20FN3O3/c1-14(2)33-25-23(15-7-9-19(27)10-8-15)20-11-18-13-28-30-21(18)12-22(20)29-24(25)16-3-5-17(6-4-16)26(31)32/h3-14H,1-2H3,(H,28,30)(H,31,32). The minimum atomic E-state index is -1.000. The Hall–Kier alpha value is -4.26. The molecule has 33 heavy (non-hydrogen) atoms. The minimum absolute atomic E-state index is 0.154. The Morgan fingerprint density at radius 2 is 1.73 bits per heavy atom. The molecule has 0 atom stereocenters. The number of carboxylic acid groups (broad SMARTS) is 1. The van der Waals surface area contributed by atoms with E-state index >= 15 is 0 Å². The first-order chi connectivity index (χ1) is 15.9. The van der Waals surface area contributed by atoms with Crippen LogP contribution in [-0.2, 0) is 0 Å². The molecule has 3 aromatic carbocycles. The van der Waals surface area contributed by atoms with Crippen molar-refractivity contribution in [3.63, 3.8) is 0 Å². The summed E-state index contributed by atoms with van der Waals surface area (Å²) < 4.78 is 20.0. The van der Waals surface area contributed by atoms with Crippen LogP contribution in [0.4, 0.5) is 4.39 Å². The zero-order valence-corrected chi connectivity index (χ0v) is 18.0. The second-order valence-electron chi connectivity index (χ2n) is 8.05. The number of carbonyl (C=O) groups is 1. The Labute approximate surface area is 188 Å². The van der Waals surface area contributed by atoms with E-state index in [1.165, 1.54) is 12.1 Å². The molecule has 2 N–H and O–H groups in total. The largest absolute Gasteiger partial charge is 0.488 e. The predicted molar refractivity (Wildman–Crippen MR) is 125 cm³/mol. The number of ether oxygens (including phenoxy) is 1. The van der Waals surface area contributed by atoms with Crippen molar-refractivity contribution in [3.8, 4) is 28.1 Å². The molecule has 0 fully saturated rings. The Morgan fingerprint density at radius 1 is 1.03 bits per heavy atom. The summed E-state index contributed by atoms with van der Waals surface area (Å²) >= 11 is 0. The van der Waals surface area contributed by atoms with Crippen LogP contribution in [0.5, 0.6) is 5.75 Å². The Kier molecular flexibility index (Phi) is 5.01. The quantitative estimate of drug-likeness (QED) is 0.346. The molecule has 0 aliphatic heterocycles. The monoisotopic (exact) mass is 441 g/mol. The summed E-state index contributed by atoms with van der Waals surface area (Å²) in [7, 11) is 0. The van der Waals surface area contributed by atoms with Gasteiger partial charge in [-0.3, -0.25) is 5.10 Å². The van der Waals surface area contributed by atoms with Crippen LogP contribution in [0.25, 0.3) is 44.2 Å². The number of benzene rings is 3. The summed E-state index contributed by atoms with van der Waals surface area (Å²) in [6.07, 6.45) is 1.59. The molecule has 0 aliphatic rings. The van der Waals surface area contributed by atoms with E-state index in [-0.39, 0.29) is 17.5 Å². The molecule has 0 saturated heterocycles. The molecule has 0 aliphatic carbocycles. The number of pyridine rings is 1. The van der Waals surface area contributed by atoms with Crippen LogP contribution in [0.1, 0.15) is 24.2 Å². The average Bonchev–Trinajstić information content (AvgIpc) is 3.25. The van der Waals surface area contributed by atoms with Gasteiger partial charge in [-0.05, 0) is 55.8 Å². The molecular formula is C26H20FN3O3. The van der Waals surface area contributed by atoms with Crippen molar-refractivity contribution in [1.82, 2.24) is 15.2 Å². The maximum absolute atomic E-state index is 13.7. The zero-order valence-electron chi connectivity index (χ0n) is 18.0. The van der Waals surface area contributed by atoms with Gasteiger partial charge in [0.15, 0.2) is 5.75 Å². The van der Waals surface area contributed by atoms with Crippen LogP contribution in [0.3, 0.4) is 0 Å². The highest BCUT2D eigenvalue weighted by atomic mass is 19.1. The molecule has 164 valence electrons. The lowest BCUT2D eigenvalue weighted by atomic mass is 9.95. The number of fused-ring (bicyclic) bond motifs is 2. The summed E-state index contributed by atoms with van der Waals surface area (Å²) in [4.78, 5) is 16.2. The summed E-state index contributed by atoms with van der Waals surface area (Å²) in [5.74, 6) is -0.777. The van der Waals surface area contributed by atoms with Crippen molar-refractivity contribution in [2.45, 2.75) is 20.0 Å². The maximum atomic E-state index is 13.7. The molecular weight excluding hydrogens is 421 g/mol.